The highest BCUT2D eigenvalue weighted by Gasteiger charge is 2.43. The molecule has 0 spiro atoms. The van der Waals surface area contributed by atoms with E-state index >= 15 is 0 Å². The summed E-state index contributed by atoms with van der Waals surface area (Å²) in [7, 11) is 0. The molecule has 3 nitrogen and oxygen atoms in total. The molecule has 3 heteroatoms. The summed E-state index contributed by atoms with van der Waals surface area (Å²) in [5.74, 6) is 0.928. The van der Waals surface area contributed by atoms with Crippen LogP contribution in [0.25, 0.3) is 0 Å². The van der Waals surface area contributed by atoms with Gasteiger partial charge in [-0.1, -0.05) is 19.3 Å². The second-order valence-electron chi connectivity index (χ2n) is 6.43. The average Bonchev–Trinajstić information content (AvgIpc) is 3.02. The number of nitrogens with zero attached hydrogens (tertiary/aromatic N) is 1. The molecule has 100 valence electrons. The van der Waals surface area contributed by atoms with Crippen molar-refractivity contribution in [3.63, 3.8) is 0 Å². The molecule has 2 unspecified atom stereocenters. The maximum atomic E-state index is 9.40. The first kappa shape index (κ1) is 12.4. The molecular weight excluding hydrogens is 224 g/mol. The fourth-order valence-electron chi connectivity index (χ4n) is 3.21. The Morgan fingerprint density at radius 2 is 2.06 bits per heavy atom. The van der Waals surface area contributed by atoms with E-state index in [2.05, 4.69) is 11.4 Å². The van der Waals surface area contributed by atoms with Crippen LogP contribution in [-0.2, 0) is 4.74 Å². The van der Waals surface area contributed by atoms with E-state index in [-0.39, 0.29) is 5.54 Å². The summed E-state index contributed by atoms with van der Waals surface area (Å²) in [5.41, 5.74) is -0.275. The molecule has 0 aromatic heterocycles. The van der Waals surface area contributed by atoms with Crippen molar-refractivity contribution in [3.05, 3.63) is 0 Å². The quantitative estimate of drug-likeness (QED) is 0.786. The maximum absolute atomic E-state index is 9.40. The summed E-state index contributed by atoms with van der Waals surface area (Å²) < 4.78 is 5.98. The molecular formula is C15H24N2O. The third-order valence-electron chi connectivity index (χ3n) is 4.85. The Bertz CT molecular complexity index is 330. The SMILES string of the molecule is N#CC1(NC2CC2)CCC(OCCC2CCC2)C1. The van der Waals surface area contributed by atoms with E-state index < -0.39 is 0 Å². The number of hydrogen-bond donors (Lipinski definition) is 1. The van der Waals surface area contributed by atoms with Gasteiger partial charge in [0, 0.05) is 19.1 Å². The van der Waals surface area contributed by atoms with Crippen LogP contribution in [-0.4, -0.2) is 24.3 Å². The minimum Gasteiger partial charge on any atom is -0.378 e. The zero-order valence-electron chi connectivity index (χ0n) is 11.2. The largest absolute Gasteiger partial charge is 0.378 e. The third-order valence-corrected chi connectivity index (χ3v) is 4.85. The Balaban J connectivity index is 1.40. The molecule has 3 saturated carbocycles. The molecule has 0 saturated heterocycles. The summed E-state index contributed by atoms with van der Waals surface area (Å²) >= 11 is 0. The Kier molecular flexibility index (Phi) is 3.59. The standard InChI is InChI=1S/C15H24N2O/c16-11-15(17-13-4-5-13)8-6-14(10-15)18-9-7-12-2-1-3-12/h12-14,17H,1-10H2. The summed E-state index contributed by atoms with van der Waals surface area (Å²) in [6.45, 7) is 0.903. The van der Waals surface area contributed by atoms with Gasteiger partial charge in [-0.25, -0.2) is 0 Å². The third kappa shape index (κ3) is 2.87. The number of rotatable bonds is 6. The number of nitriles is 1. The van der Waals surface area contributed by atoms with Crippen LogP contribution in [0.15, 0.2) is 0 Å². The smallest absolute Gasteiger partial charge is 0.109 e. The van der Waals surface area contributed by atoms with Crippen LogP contribution in [0, 0.1) is 17.2 Å². The van der Waals surface area contributed by atoms with Crippen LogP contribution in [0.5, 0.6) is 0 Å². The second kappa shape index (κ2) is 5.19. The van der Waals surface area contributed by atoms with Gasteiger partial charge in [0.25, 0.3) is 0 Å². The summed E-state index contributed by atoms with van der Waals surface area (Å²) in [6.07, 6.45) is 11.2. The van der Waals surface area contributed by atoms with Gasteiger partial charge >= 0.3 is 0 Å². The number of hydrogen-bond acceptors (Lipinski definition) is 3. The van der Waals surface area contributed by atoms with E-state index in [4.69, 9.17) is 4.74 Å². The predicted octanol–water partition coefficient (Wildman–Crippen LogP) is 2.76. The van der Waals surface area contributed by atoms with Crippen LogP contribution in [0.3, 0.4) is 0 Å². The Morgan fingerprint density at radius 3 is 2.67 bits per heavy atom. The van der Waals surface area contributed by atoms with Crippen LogP contribution in [0.4, 0.5) is 0 Å². The lowest BCUT2D eigenvalue weighted by Gasteiger charge is -2.26. The molecule has 3 fully saturated rings. The fourth-order valence-corrected chi connectivity index (χ4v) is 3.21. The Morgan fingerprint density at radius 1 is 1.22 bits per heavy atom. The summed E-state index contributed by atoms with van der Waals surface area (Å²) in [4.78, 5) is 0. The van der Waals surface area contributed by atoms with Crippen molar-refractivity contribution in [2.75, 3.05) is 6.61 Å². The molecule has 3 rings (SSSR count). The molecule has 0 bridgehead atoms. The lowest BCUT2D eigenvalue weighted by Crippen LogP contribution is -2.43. The molecule has 0 aromatic rings. The van der Waals surface area contributed by atoms with Crippen LogP contribution in [0.1, 0.15) is 57.8 Å². The first-order chi connectivity index (χ1) is 8.80. The van der Waals surface area contributed by atoms with Gasteiger partial charge in [-0.05, 0) is 38.0 Å². The minimum absolute atomic E-state index is 0.275. The molecule has 0 amide bonds. The molecule has 18 heavy (non-hydrogen) atoms. The highest BCUT2D eigenvalue weighted by molar-refractivity contribution is 5.14. The predicted molar refractivity (Wildman–Crippen MR) is 70.1 cm³/mol. The van der Waals surface area contributed by atoms with Crippen molar-refractivity contribution in [2.24, 2.45) is 5.92 Å². The fraction of sp³-hybridized carbons (Fsp3) is 0.933. The zero-order chi connectivity index (χ0) is 12.4. The first-order valence-electron chi connectivity index (χ1n) is 7.60. The lowest BCUT2D eigenvalue weighted by molar-refractivity contribution is 0.0393. The highest BCUT2D eigenvalue weighted by Crippen LogP contribution is 2.35. The zero-order valence-corrected chi connectivity index (χ0v) is 11.2. The lowest BCUT2D eigenvalue weighted by atomic mass is 9.83. The minimum atomic E-state index is -0.275. The van der Waals surface area contributed by atoms with Gasteiger partial charge in [0.1, 0.15) is 5.54 Å². The summed E-state index contributed by atoms with van der Waals surface area (Å²) in [6, 6.07) is 3.12. The monoisotopic (exact) mass is 248 g/mol. The van der Waals surface area contributed by atoms with Crippen LogP contribution >= 0.6 is 0 Å². The van der Waals surface area contributed by atoms with E-state index in [0.29, 0.717) is 12.1 Å². The number of ether oxygens (including phenoxy) is 1. The molecule has 0 radical (unpaired) electrons. The molecule has 1 N–H and O–H groups in total. The van der Waals surface area contributed by atoms with E-state index in [1.165, 1.54) is 38.5 Å². The van der Waals surface area contributed by atoms with Gasteiger partial charge < -0.3 is 4.74 Å². The van der Waals surface area contributed by atoms with Crippen molar-refractivity contribution in [3.8, 4) is 6.07 Å². The van der Waals surface area contributed by atoms with Crippen molar-refractivity contribution >= 4 is 0 Å². The van der Waals surface area contributed by atoms with Crippen molar-refractivity contribution in [1.29, 1.82) is 5.26 Å². The normalized spacial score (nSPS) is 36.3. The first-order valence-corrected chi connectivity index (χ1v) is 7.60. The van der Waals surface area contributed by atoms with Gasteiger partial charge in [-0.2, -0.15) is 5.26 Å². The van der Waals surface area contributed by atoms with E-state index in [0.717, 1.165) is 31.8 Å². The van der Waals surface area contributed by atoms with Crippen molar-refractivity contribution in [2.45, 2.75) is 75.5 Å². The molecule has 0 aliphatic heterocycles. The van der Waals surface area contributed by atoms with Gasteiger partial charge in [0.15, 0.2) is 0 Å². The molecule has 3 aliphatic rings. The topological polar surface area (TPSA) is 45.0 Å². The second-order valence-corrected chi connectivity index (χ2v) is 6.43. The highest BCUT2D eigenvalue weighted by atomic mass is 16.5. The van der Waals surface area contributed by atoms with Crippen LogP contribution in [0.2, 0.25) is 0 Å². The molecule has 0 aromatic carbocycles. The average molecular weight is 248 g/mol. The van der Waals surface area contributed by atoms with Gasteiger partial charge in [0.05, 0.1) is 12.2 Å². The number of nitrogens with one attached hydrogen (secondary N) is 1. The van der Waals surface area contributed by atoms with Gasteiger partial charge in [0.2, 0.25) is 0 Å². The van der Waals surface area contributed by atoms with Gasteiger partial charge in [-0.15, -0.1) is 0 Å². The van der Waals surface area contributed by atoms with E-state index in [9.17, 15) is 5.26 Å². The van der Waals surface area contributed by atoms with Crippen molar-refractivity contribution < 1.29 is 4.74 Å². The molecule has 0 heterocycles. The molecule has 3 aliphatic carbocycles. The van der Waals surface area contributed by atoms with Gasteiger partial charge in [-0.3, -0.25) is 5.32 Å². The summed E-state index contributed by atoms with van der Waals surface area (Å²) in [5, 5.41) is 12.9. The Hall–Kier alpha value is -0.590. The maximum Gasteiger partial charge on any atom is 0.109 e. The Labute approximate surface area is 110 Å². The van der Waals surface area contributed by atoms with Crippen molar-refractivity contribution in [1.82, 2.24) is 5.32 Å². The van der Waals surface area contributed by atoms with E-state index in [1.54, 1.807) is 0 Å². The van der Waals surface area contributed by atoms with E-state index in [1.807, 2.05) is 0 Å². The van der Waals surface area contributed by atoms with Crippen LogP contribution < -0.4 is 5.32 Å². The molecule has 2 atom stereocenters.